The summed E-state index contributed by atoms with van der Waals surface area (Å²) in [5.41, 5.74) is 0. The summed E-state index contributed by atoms with van der Waals surface area (Å²) in [5, 5.41) is 9.78. The van der Waals surface area contributed by atoms with Crippen molar-refractivity contribution >= 4 is 17.9 Å². The number of carboxylic acids is 1. The SMILES string of the molecule is CC/C=C\C/C=C\C/C=C\C/C=C\C/C=C\C/C=C\CCCCCCCCCCCCCCCCCCCCCCCCC(=O)OC(COC(=O)CCCCCCCCCCCCCCCCCCCCCC/C=C\C/C=C\C/C=C\C/C=C\CC)COC(OCC[N+](C)(C)C)C(=O)O. The number of allylic oxidation sites excluding steroid dienone is 20. The van der Waals surface area contributed by atoms with Crippen LogP contribution in [0.5, 0.6) is 0 Å². The van der Waals surface area contributed by atoms with E-state index >= 15 is 0 Å². The number of ether oxygens (including phenoxy) is 4. The van der Waals surface area contributed by atoms with Crippen LogP contribution >= 0.6 is 0 Å². The van der Waals surface area contributed by atoms with Gasteiger partial charge >= 0.3 is 17.9 Å². The summed E-state index contributed by atoms with van der Waals surface area (Å²) in [6.45, 7) is 4.70. The van der Waals surface area contributed by atoms with Crippen molar-refractivity contribution < 1.29 is 42.9 Å². The van der Waals surface area contributed by atoms with Gasteiger partial charge < -0.3 is 28.5 Å². The summed E-state index contributed by atoms with van der Waals surface area (Å²) >= 11 is 0. The van der Waals surface area contributed by atoms with Crippen LogP contribution in [-0.4, -0.2) is 87.4 Å². The van der Waals surface area contributed by atoms with Gasteiger partial charge in [-0.15, -0.1) is 0 Å². The van der Waals surface area contributed by atoms with Gasteiger partial charge in [0.15, 0.2) is 6.10 Å². The van der Waals surface area contributed by atoms with Gasteiger partial charge in [0, 0.05) is 12.8 Å². The average molecular weight is 1380 g/mol. The van der Waals surface area contributed by atoms with E-state index in [1.54, 1.807) is 0 Å². The lowest BCUT2D eigenvalue weighted by Crippen LogP contribution is -2.40. The molecule has 0 bridgehead atoms. The van der Waals surface area contributed by atoms with E-state index < -0.39 is 18.4 Å². The highest BCUT2D eigenvalue weighted by atomic mass is 16.7. The molecular formula is C90H158NO8+. The molecule has 99 heavy (non-hydrogen) atoms. The molecule has 0 rings (SSSR count). The highest BCUT2D eigenvalue weighted by molar-refractivity contribution is 5.71. The maximum absolute atomic E-state index is 13.0. The second kappa shape index (κ2) is 79.4. The normalized spacial score (nSPS) is 13.3. The summed E-state index contributed by atoms with van der Waals surface area (Å²) in [6.07, 6.45) is 111. The molecule has 0 aromatic carbocycles. The zero-order chi connectivity index (χ0) is 71.8. The molecule has 0 spiro atoms. The molecule has 0 saturated carbocycles. The molecule has 9 nitrogen and oxygen atoms in total. The van der Waals surface area contributed by atoms with Crippen LogP contribution < -0.4 is 0 Å². The van der Waals surface area contributed by atoms with E-state index in [0.717, 1.165) is 103 Å². The van der Waals surface area contributed by atoms with E-state index in [4.69, 9.17) is 18.9 Å². The zero-order valence-electron chi connectivity index (χ0n) is 65.4. The average Bonchev–Trinajstić information content (AvgIpc) is 2.62. The fourth-order valence-electron chi connectivity index (χ4n) is 12.0. The molecule has 0 aromatic heterocycles. The third kappa shape index (κ3) is 80.9. The number of nitrogens with zero attached hydrogens (tertiary/aromatic N) is 1. The Hall–Kier alpha value is -4.31. The van der Waals surface area contributed by atoms with Crippen molar-refractivity contribution in [1.29, 1.82) is 0 Å². The van der Waals surface area contributed by atoms with Crippen LogP contribution in [0.15, 0.2) is 122 Å². The molecule has 2 atom stereocenters. The number of carbonyl (C=O) groups excluding carboxylic acids is 2. The molecule has 0 saturated heterocycles. The lowest BCUT2D eigenvalue weighted by molar-refractivity contribution is -0.870. The van der Waals surface area contributed by atoms with Crippen molar-refractivity contribution in [3.63, 3.8) is 0 Å². The van der Waals surface area contributed by atoms with Gasteiger partial charge in [-0.05, 0) is 103 Å². The van der Waals surface area contributed by atoms with Crippen molar-refractivity contribution in [2.75, 3.05) is 47.5 Å². The van der Waals surface area contributed by atoms with E-state index in [1.807, 2.05) is 21.1 Å². The smallest absolute Gasteiger partial charge is 0.361 e. The first kappa shape index (κ1) is 94.7. The number of carboxylic acid groups (broad SMARTS) is 1. The summed E-state index contributed by atoms with van der Waals surface area (Å²) in [4.78, 5) is 37.8. The number of esters is 2. The third-order valence-corrected chi connectivity index (χ3v) is 18.2. The minimum Gasteiger partial charge on any atom is -0.477 e. The predicted molar refractivity (Wildman–Crippen MR) is 428 cm³/mol. The predicted octanol–water partition coefficient (Wildman–Crippen LogP) is 27.0. The van der Waals surface area contributed by atoms with E-state index in [9.17, 15) is 19.5 Å². The molecule has 0 heterocycles. The fraction of sp³-hybridized carbons (Fsp3) is 0.744. The van der Waals surface area contributed by atoms with Gasteiger partial charge in [-0.3, -0.25) is 9.59 Å². The van der Waals surface area contributed by atoms with Gasteiger partial charge in [0.1, 0.15) is 13.2 Å². The Labute approximate surface area is 612 Å². The van der Waals surface area contributed by atoms with Crippen LogP contribution in [0.25, 0.3) is 0 Å². The Balaban J connectivity index is 3.97. The monoisotopic (exact) mass is 1380 g/mol. The molecule has 0 aliphatic heterocycles. The van der Waals surface area contributed by atoms with Crippen molar-refractivity contribution in [3.05, 3.63) is 122 Å². The van der Waals surface area contributed by atoms with Gasteiger partial charge in [0.05, 0.1) is 34.4 Å². The molecule has 0 aliphatic carbocycles. The molecule has 0 amide bonds. The molecule has 0 aromatic rings. The Morgan fingerprint density at radius 2 is 0.545 bits per heavy atom. The van der Waals surface area contributed by atoms with E-state index in [0.29, 0.717) is 17.4 Å². The lowest BCUT2D eigenvalue weighted by Gasteiger charge is -2.25. The standard InChI is InChI=1S/C90H157NO8/c1-6-8-10-12-14-16-18-20-22-24-26-28-30-32-34-36-38-40-41-42-43-44-45-46-47-49-51-53-55-57-59-61-63-65-67-69-71-73-75-77-79-81-88(93)99-86(85-98-90(89(94)95)96-83-82-91(3,4)5)84-97-87(92)80-78-76-74-72-70-68-66-64-62-60-58-56-54-52-50-48-39-37-35-33-31-29-27-25-23-21-19-17-15-13-11-9-7-2/h8-11,14-17,20-23,26-29,32,34,38,40,86,90H,6-7,12-13,18-19,24-25,30-31,33,35-37,39,41-85H2,1-5H3/p+1/b10-8-,11-9-,16-14-,17-15-,22-20-,23-21-,28-26-,29-27-,34-32-,40-38-. The highest BCUT2D eigenvalue weighted by Crippen LogP contribution is 2.19. The first-order valence-corrected chi connectivity index (χ1v) is 41.7. The summed E-state index contributed by atoms with van der Waals surface area (Å²) in [5.74, 6) is -1.98. The maximum atomic E-state index is 13.0. The lowest BCUT2D eigenvalue weighted by atomic mass is 10.0. The van der Waals surface area contributed by atoms with Gasteiger partial charge in [-0.25, -0.2) is 4.79 Å². The number of unbranched alkanes of at least 4 members (excludes halogenated alkanes) is 42. The van der Waals surface area contributed by atoms with Crippen LogP contribution in [0.2, 0.25) is 0 Å². The van der Waals surface area contributed by atoms with E-state index in [-0.39, 0.29) is 38.2 Å². The molecular weight excluding hydrogens is 1220 g/mol. The van der Waals surface area contributed by atoms with Crippen molar-refractivity contribution in [2.24, 2.45) is 0 Å². The second-order valence-corrected chi connectivity index (χ2v) is 29.0. The van der Waals surface area contributed by atoms with Crippen LogP contribution in [-0.2, 0) is 33.3 Å². The van der Waals surface area contributed by atoms with Crippen molar-refractivity contribution in [2.45, 2.75) is 386 Å². The van der Waals surface area contributed by atoms with Gasteiger partial charge in [0.2, 0.25) is 0 Å². The fourth-order valence-corrected chi connectivity index (χ4v) is 12.0. The first-order chi connectivity index (χ1) is 48.6. The number of rotatable bonds is 77. The van der Waals surface area contributed by atoms with Gasteiger partial charge in [-0.2, -0.15) is 0 Å². The topological polar surface area (TPSA) is 108 Å². The first-order valence-electron chi connectivity index (χ1n) is 41.7. The van der Waals surface area contributed by atoms with Crippen LogP contribution in [0, 0.1) is 0 Å². The summed E-state index contributed by atoms with van der Waals surface area (Å²) in [6, 6.07) is 0. The zero-order valence-corrected chi connectivity index (χ0v) is 65.4. The number of carbonyl (C=O) groups is 3. The molecule has 0 aliphatic rings. The van der Waals surface area contributed by atoms with Crippen LogP contribution in [0.3, 0.4) is 0 Å². The molecule has 0 fully saturated rings. The van der Waals surface area contributed by atoms with Crippen molar-refractivity contribution in [3.8, 4) is 0 Å². The molecule has 9 heteroatoms. The number of hydrogen-bond donors (Lipinski definition) is 1. The number of likely N-dealkylation sites (N-methyl/N-ethyl adjacent to an activating group) is 1. The highest BCUT2D eigenvalue weighted by Gasteiger charge is 2.25. The van der Waals surface area contributed by atoms with Crippen LogP contribution in [0.1, 0.15) is 373 Å². The number of quaternary nitrogens is 1. The molecule has 1 N–H and O–H groups in total. The molecule has 0 radical (unpaired) electrons. The van der Waals surface area contributed by atoms with E-state index in [1.165, 1.54) is 244 Å². The second-order valence-electron chi connectivity index (χ2n) is 29.0. The Kier molecular flexibility index (Phi) is 75.9. The minimum atomic E-state index is -1.51. The molecule has 2 unspecified atom stereocenters. The Morgan fingerprint density at radius 1 is 0.303 bits per heavy atom. The number of hydrogen-bond acceptors (Lipinski definition) is 7. The maximum Gasteiger partial charge on any atom is 0.361 e. The summed E-state index contributed by atoms with van der Waals surface area (Å²) in [7, 11) is 5.99. The van der Waals surface area contributed by atoms with Crippen LogP contribution in [0.4, 0.5) is 0 Å². The van der Waals surface area contributed by atoms with E-state index in [2.05, 4.69) is 135 Å². The largest absolute Gasteiger partial charge is 0.477 e. The van der Waals surface area contributed by atoms with Gasteiger partial charge in [0.25, 0.3) is 6.29 Å². The Bertz CT molecular complexity index is 2050. The van der Waals surface area contributed by atoms with Crippen molar-refractivity contribution in [1.82, 2.24) is 0 Å². The third-order valence-electron chi connectivity index (χ3n) is 18.2. The molecule has 570 valence electrons. The quantitative estimate of drug-likeness (QED) is 0.0211. The Morgan fingerprint density at radius 3 is 0.808 bits per heavy atom. The summed E-state index contributed by atoms with van der Waals surface area (Å²) < 4.78 is 23.1. The number of aliphatic carboxylic acids is 1. The minimum absolute atomic E-state index is 0.180. The van der Waals surface area contributed by atoms with Gasteiger partial charge in [-0.1, -0.05) is 379 Å².